The first kappa shape index (κ1) is 16.3. The van der Waals surface area contributed by atoms with Crippen LogP contribution in [0.5, 0.6) is 0 Å². The number of carbonyl (C=O) groups is 2. The van der Waals surface area contributed by atoms with Crippen LogP contribution in [0.25, 0.3) is 0 Å². The lowest BCUT2D eigenvalue weighted by Crippen LogP contribution is -2.50. The number of thiol groups is 1. The van der Waals surface area contributed by atoms with Crippen LogP contribution >= 0.6 is 12.6 Å². The Hall–Kier alpha value is -0.710. The fourth-order valence-electron chi connectivity index (χ4n) is 1.73. The second-order valence-corrected chi connectivity index (χ2v) is 5.23. The van der Waals surface area contributed by atoms with E-state index >= 15 is 0 Å². The van der Waals surface area contributed by atoms with Gasteiger partial charge in [-0.05, 0) is 19.3 Å². The minimum absolute atomic E-state index is 0.0802. The van der Waals surface area contributed by atoms with Gasteiger partial charge in [0.15, 0.2) is 0 Å². The molecule has 0 aromatic carbocycles. The zero-order valence-corrected chi connectivity index (χ0v) is 12.3. The van der Waals surface area contributed by atoms with Crippen molar-refractivity contribution in [3.63, 3.8) is 0 Å². The topological polar surface area (TPSA) is 49.4 Å². The van der Waals surface area contributed by atoms with E-state index in [0.717, 1.165) is 6.42 Å². The molecule has 0 rings (SSSR count). The lowest BCUT2D eigenvalue weighted by atomic mass is 10.0. The van der Waals surface area contributed by atoms with Crippen LogP contribution in [0.3, 0.4) is 0 Å². The molecule has 0 spiro atoms. The second kappa shape index (κ2) is 7.58. The average molecular weight is 260 g/mol. The van der Waals surface area contributed by atoms with Crippen LogP contribution in [0.1, 0.15) is 34.1 Å². The van der Waals surface area contributed by atoms with E-state index in [-0.39, 0.29) is 17.9 Å². The summed E-state index contributed by atoms with van der Waals surface area (Å²) in [4.78, 5) is 24.8. The largest absolute Gasteiger partial charge is 0.344 e. The first-order valence-electron chi connectivity index (χ1n) is 5.94. The Kier molecular flexibility index (Phi) is 7.27. The van der Waals surface area contributed by atoms with Crippen LogP contribution in [-0.2, 0) is 9.59 Å². The number of rotatable bonds is 6. The van der Waals surface area contributed by atoms with Crippen molar-refractivity contribution in [2.24, 2.45) is 5.92 Å². The Morgan fingerprint density at radius 2 is 1.82 bits per heavy atom. The third-order valence-corrected chi connectivity index (χ3v) is 3.04. The highest BCUT2D eigenvalue weighted by Gasteiger charge is 2.24. The Morgan fingerprint density at radius 3 is 2.18 bits per heavy atom. The van der Waals surface area contributed by atoms with Gasteiger partial charge in [0.25, 0.3) is 0 Å². The molecular weight excluding hydrogens is 236 g/mol. The van der Waals surface area contributed by atoms with Crippen molar-refractivity contribution in [3.05, 3.63) is 0 Å². The highest BCUT2D eigenvalue weighted by atomic mass is 32.1. The van der Waals surface area contributed by atoms with Crippen molar-refractivity contribution in [2.45, 2.75) is 46.2 Å². The SMILES string of the molecule is CC(=O)NC(CS)C(=O)N(C)C(C)CC(C)C. The molecule has 0 aliphatic heterocycles. The minimum Gasteiger partial charge on any atom is -0.344 e. The molecular formula is C12H24N2O2S. The van der Waals surface area contributed by atoms with Crippen LogP contribution in [0.15, 0.2) is 0 Å². The molecule has 5 heteroatoms. The van der Waals surface area contributed by atoms with E-state index in [2.05, 4.69) is 31.8 Å². The summed E-state index contributed by atoms with van der Waals surface area (Å²) in [5.74, 6) is 0.568. The van der Waals surface area contributed by atoms with E-state index < -0.39 is 6.04 Å². The Labute approximate surface area is 110 Å². The maximum Gasteiger partial charge on any atom is 0.245 e. The van der Waals surface area contributed by atoms with Crippen LogP contribution in [0.2, 0.25) is 0 Å². The average Bonchev–Trinajstić information content (AvgIpc) is 2.22. The Balaban J connectivity index is 4.49. The van der Waals surface area contributed by atoms with Gasteiger partial charge in [-0.2, -0.15) is 12.6 Å². The Morgan fingerprint density at radius 1 is 1.29 bits per heavy atom. The van der Waals surface area contributed by atoms with Crippen LogP contribution < -0.4 is 5.32 Å². The van der Waals surface area contributed by atoms with Gasteiger partial charge in [-0.3, -0.25) is 9.59 Å². The summed E-state index contributed by atoms with van der Waals surface area (Å²) < 4.78 is 0. The molecule has 4 nitrogen and oxygen atoms in total. The van der Waals surface area contributed by atoms with Crippen molar-refractivity contribution in [2.75, 3.05) is 12.8 Å². The molecule has 17 heavy (non-hydrogen) atoms. The van der Waals surface area contributed by atoms with Crippen molar-refractivity contribution < 1.29 is 9.59 Å². The quantitative estimate of drug-likeness (QED) is 0.708. The fraction of sp³-hybridized carbons (Fsp3) is 0.833. The summed E-state index contributed by atoms with van der Waals surface area (Å²) in [7, 11) is 1.77. The van der Waals surface area contributed by atoms with E-state index in [9.17, 15) is 9.59 Å². The second-order valence-electron chi connectivity index (χ2n) is 4.86. The van der Waals surface area contributed by atoms with Gasteiger partial charge in [-0.25, -0.2) is 0 Å². The summed E-state index contributed by atoms with van der Waals surface area (Å²) in [5, 5.41) is 2.61. The number of hydrogen-bond donors (Lipinski definition) is 2. The van der Waals surface area contributed by atoms with Crippen LogP contribution in [0, 0.1) is 5.92 Å². The number of hydrogen-bond acceptors (Lipinski definition) is 3. The third-order valence-electron chi connectivity index (χ3n) is 2.68. The van der Waals surface area contributed by atoms with E-state index in [4.69, 9.17) is 0 Å². The van der Waals surface area contributed by atoms with Gasteiger partial charge in [0, 0.05) is 25.8 Å². The number of nitrogens with one attached hydrogen (secondary N) is 1. The normalized spacial score (nSPS) is 14.3. The summed E-state index contributed by atoms with van der Waals surface area (Å²) in [6, 6.07) is -0.367. The lowest BCUT2D eigenvalue weighted by Gasteiger charge is -2.29. The molecule has 0 aliphatic rings. The standard InChI is InChI=1S/C12H24N2O2S/c1-8(2)6-9(3)14(5)12(16)11(7-17)13-10(4)15/h8-9,11,17H,6-7H2,1-5H3,(H,13,15). The summed E-state index contributed by atoms with van der Waals surface area (Å²) in [5.41, 5.74) is 0. The number of carbonyl (C=O) groups excluding carboxylic acids is 2. The predicted molar refractivity (Wildman–Crippen MR) is 73.1 cm³/mol. The summed E-state index contributed by atoms with van der Waals surface area (Å²) in [6.07, 6.45) is 0.946. The first-order valence-corrected chi connectivity index (χ1v) is 6.57. The van der Waals surface area contributed by atoms with Crippen LogP contribution in [0.4, 0.5) is 0 Å². The van der Waals surface area contributed by atoms with E-state index in [1.807, 2.05) is 6.92 Å². The lowest BCUT2D eigenvalue weighted by molar-refractivity contribution is -0.136. The third kappa shape index (κ3) is 5.96. The maximum atomic E-state index is 12.1. The molecule has 2 atom stereocenters. The van der Waals surface area contributed by atoms with Gasteiger partial charge in [0.2, 0.25) is 11.8 Å². The summed E-state index contributed by atoms with van der Waals surface area (Å²) >= 11 is 4.10. The summed E-state index contributed by atoms with van der Waals surface area (Å²) in [6.45, 7) is 7.67. The smallest absolute Gasteiger partial charge is 0.245 e. The number of nitrogens with zero attached hydrogens (tertiary/aromatic N) is 1. The number of likely N-dealkylation sites (N-methyl/N-ethyl adjacent to an activating group) is 1. The van der Waals surface area contributed by atoms with Gasteiger partial charge in [0.05, 0.1) is 0 Å². The molecule has 2 unspecified atom stereocenters. The van der Waals surface area contributed by atoms with Crippen molar-refractivity contribution >= 4 is 24.4 Å². The highest BCUT2D eigenvalue weighted by Crippen LogP contribution is 2.11. The van der Waals surface area contributed by atoms with Gasteiger partial charge in [0.1, 0.15) is 6.04 Å². The molecule has 1 N–H and O–H groups in total. The molecule has 0 aromatic heterocycles. The van der Waals surface area contributed by atoms with E-state index in [0.29, 0.717) is 11.7 Å². The molecule has 0 heterocycles. The molecule has 0 saturated heterocycles. The molecule has 0 radical (unpaired) electrons. The monoisotopic (exact) mass is 260 g/mol. The minimum atomic E-state index is -0.532. The Bertz CT molecular complexity index is 269. The van der Waals surface area contributed by atoms with Gasteiger partial charge < -0.3 is 10.2 Å². The van der Waals surface area contributed by atoms with Gasteiger partial charge >= 0.3 is 0 Å². The maximum absolute atomic E-state index is 12.1. The molecule has 0 aromatic rings. The molecule has 0 aliphatic carbocycles. The predicted octanol–water partition coefficient (Wildman–Crippen LogP) is 1.31. The molecule has 100 valence electrons. The zero-order chi connectivity index (χ0) is 13.6. The fourth-order valence-corrected chi connectivity index (χ4v) is 1.98. The zero-order valence-electron chi connectivity index (χ0n) is 11.4. The number of amides is 2. The highest BCUT2D eigenvalue weighted by molar-refractivity contribution is 7.80. The van der Waals surface area contributed by atoms with Crippen molar-refractivity contribution in [1.29, 1.82) is 0 Å². The van der Waals surface area contributed by atoms with Crippen LogP contribution in [-0.4, -0.2) is 41.6 Å². The molecule has 0 bridgehead atoms. The first-order chi connectivity index (χ1) is 7.79. The van der Waals surface area contributed by atoms with Crippen molar-refractivity contribution in [1.82, 2.24) is 10.2 Å². The van der Waals surface area contributed by atoms with Gasteiger partial charge in [-0.1, -0.05) is 13.8 Å². The van der Waals surface area contributed by atoms with Gasteiger partial charge in [-0.15, -0.1) is 0 Å². The molecule has 0 saturated carbocycles. The molecule has 0 fully saturated rings. The molecule has 2 amide bonds. The van der Waals surface area contributed by atoms with E-state index in [1.165, 1.54) is 6.92 Å². The van der Waals surface area contributed by atoms with Crippen molar-refractivity contribution in [3.8, 4) is 0 Å². The van der Waals surface area contributed by atoms with E-state index in [1.54, 1.807) is 11.9 Å².